The fourth-order valence-corrected chi connectivity index (χ4v) is 3.18. The lowest BCUT2D eigenvalue weighted by molar-refractivity contribution is -0.124. The minimum atomic E-state index is 0.0467. The molecule has 2 aromatic carbocycles. The van der Waals surface area contributed by atoms with Crippen molar-refractivity contribution in [1.29, 1.82) is 0 Å². The number of hydrogen-bond acceptors (Lipinski definition) is 2. The maximum atomic E-state index is 12.4. The lowest BCUT2D eigenvalue weighted by atomic mass is 9.82. The molecule has 1 saturated carbocycles. The number of ketones is 1. The second kappa shape index (κ2) is 7.77. The first kappa shape index (κ1) is 15.5. The third-order valence-corrected chi connectivity index (χ3v) is 4.44. The summed E-state index contributed by atoms with van der Waals surface area (Å²) in [6, 6.07) is 20.4. The van der Waals surface area contributed by atoms with E-state index in [0.29, 0.717) is 5.78 Å². The molecule has 23 heavy (non-hydrogen) atoms. The van der Waals surface area contributed by atoms with Gasteiger partial charge in [-0.2, -0.15) is 0 Å². The second-order valence-corrected chi connectivity index (χ2v) is 6.12. The first-order chi connectivity index (χ1) is 11.3. The molecule has 118 valence electrons. The highest BCUT2D eigenvalue weighted by Crippen LogP contribution is 2.27. The molecule has 0 bridgehead atoms. The van der Waals surface area contributed by atoms with Crippen LogP contribution >= 0.6 is 0 Å². The van der Waals surface area contributed by atoms with Crippen LogP contribution in [0.5, 0.6) is 0 Å². The van der Waals surface area contributed by atoms with Gasteiger partial charge in [0.05, 0.1) is 6.04 Å². The average molecular weight is 305 g/mol. The summed E-state index contributed by atoms with van der Waals surface area (Å²) in [7, 11) is 0. The van der Waals surface area contributed by atoms with Gasteiger partial charge in [0.2, 0.25) is 0 Å². The molecule has 2 heteroatoms. The van der Waals surface area contributed by atoms with Crippen molar-refractivity contribution >= 4 is 17.5 Å². The fourth-order valence-electron chi connectivity index (χ4n) is 3.18. The van der Waals surface area contributed by atoms with Crippen LogP contribution in [-0.4, -0.2) is 11.8 Å². The van der Waals surface area contributed by atoms with E-state index in [9.17, 15) is 4.79 Å². The zero-order valence-corrected chi connectivity index (χ0v) is 13.3. The number of nitrogens with one attached hydrogen (secondary N) is 1. The van der Waals surface area contributed by atoms with Crippen LogP contribution in [0.2, 0.25) is 0 Å². The van der Waals surface area contributed by atoms with Gasteiger partial charge in [-0.3, -0.25) is 4.79 Å². The van der Waals surface area contributed by atoms with Gasteiger partial charge in [-0.05, 0) is 30.5 Å². The Hall–Kier alpha value is -2.35. The van der Waals surface area contributed by atoms with Crippen LogP contribution in [0.1, 0.15) is 31.2 Å². The van der Waals surface area contributed by atoms with Crippen molar-refractivity contribution in [2.24, 2.45) is 5.92 Å². The van der Waals surface area contributed by atoms with Crippen molar-refractivity contribution < 1.29 is 4.79 Å². The van der Waals surface area contributed by atoms with E-state index < -0.39 is 0 Å². The van der Waals surface area contributed by atoms with E-state index >= 15 is 0 Å². The Balaban J connectivity index is 1.80. The van der Waals surface area contributed by atoms with Gasteiger partial charge in [0.25, 0.3) is 0 Å². The first-order valence-electron chi connectivity index (χ1n) is 8.40. The first-order valence-corrected chi connectivity index (χ1v) is 8.40. The zero-order valence-electron chi connectivity index (χ0n) is 13.3. The monoisotopic (exact) mass is 305 g/mol. The topological polar surface area (TPSA) is 29.1 Å². The van der Waals surface area contributed by atoms with Crippen LogP contribution in [-0.2, 0) is 4.79 Å². The SMILES string of the molecule is O=C1CCCCC1C(/C=C/c1ccccc1)Nc1ccccc1. The molecule has 0 heterocycles. The summed E-state index contributed by atoms with van der Waals surface area (Å²) in [5.41, 5.74) is 2.23. The lowest BCUT2D eigenvalue weighted by Crippen LogP contribution is -2.35. The number of rotatable bonds is 5. The average Bonchev–Trinajstić information content (AvgIpc) is 2.61. The minimum Gasteiger partial charge on any atom is -0.378 e. The molecular formula is C21H23NO. The van der Waals surface area contributed by atoms with Crippen molar-refractivity contribution in [3.8, 4) is 0 Å². The lowest BCUT2D eigenvalue weighted by Gasteiger charge is -2.28. The van der Waals surface area contributed by atoms with E-state index in [1.54, 1.807) is 0 Å². The molecule has 2 nitrogen and oxygen atoms in total. The van der Waals surface area contributed by atoms with Crippen LogP contribution < -0.4 is 5.32 Å². The van der Waals surface area contributed by atoms with Crippen LogP contribution in [0.3, 0.4) is 0 Å². The van der Waals surface area contributed by atoms with E-state index in [2.05, 4.69) is 41.7 Å². The number of benzene rings is 2. The highest BCUT2D eigenvalue weighted by molar-refractivity contribution is 5.83. The number of hydrogen-bond donors (Lipinski definition) is 1. The molecule has 2 aromatic rings. The van der Waals surface area contributed by atoms with Gasteiger partial charge in [-0.1, -0.05) is 67.1 Å². The normalized spacial score (nSPS) is 19.7. The summed E-state index contributed by atoms with van der Waals surface area (Å²) in [5.74, 6) is 0.464. The molecule has 2 unspecified atom stereocenters. The van der Waals surface area contributed by atoms with Crippen molar-refractivity contribution in [3.05, 3.63) is 72.3 Å². The third-order valence-electron chi connectivity index (χ3n) is 4.44. The van der Waals surface area contributed by atoms with Gasteiger partial charge in [0.1, 0.15) is 5.78 Å². The van der Waals surface area contributed by atoms with Gasteiger partial charge in [0, 0.05) is 18.0 Å². The Kier molecular flexibility index (Phi) is 5.25. The summed E-state index contributed by atoms with van der Waals surface area (Å²) < 4.78 is 0. The van der Waals surface area contributed by atoms with Crippen LogP contribution in [0.4, 0.5) is 5.69 Å². The van der Waals surface area contributed by atoms with Gasteiger partial charge in [-0.25, -0.2) is 0 Å². The van der Waals surface area contributed by atoms with Crippen LogP contribution in [0.15, 0.2) is 66.7 Å². The Morgan fingerprint density at radius 1 is 0.957 bits per heavy atom. The molecule has 3 rings (SSSR count). The minimum absolute atomic E-state index is 0.0467. The molecular weight excluding hydrogens is 282 g/mol. The van der Waals surface area contributed by atoms with Crippen LogP contribution in [0, 0.1) is 5.92 Å². The van der Waals surface area contributed by atoms with Crippen molar-refractivity contribution in [3.63, 3.8) is 0 Å². The molecule has 0 saturated heterocycles. The molecule has 1 aliphatic rings. The summed E-state index contributed by atoms with van der Waals surface area (Å²) in [4.78, 5) is 12.4. The summed E-state index contributed by atoms with van der Waals surface area (Å²) in [5, 5.41) is 3.54. The maximum absolute atomic E-state index is 12.4. The van der Waals surface area contributed by atoms with E-state index in [-0.39, 0.29) is 12.0 Å². The Morgan fingerprint density at radius 3 is 2.35 bits per heavy atom. The molecule has 2 atom stereocenters. The molecule has 0 spiro atoms. The third kappa shape index (κ3) is 4.32. The molecule has 1 fully saturated rings. The quantitative estimate of drug-likeness (QED) is 0.847. The number of Topliss-reactive ketones (excluding diaryl/α,β-unsaturated/α-hetero) is 1. The van der Waals surface area contributed by atoms with Crippen LogP contribution in [0.25, 0.3) is 6.08 Å². The summed E-state index contributed by atoms with van der Waals surface area (Å²) in [6.45, 7) is 0. The number of para-hydroxylation sites is 1. The predicted octanol–water partition coefficient (Wildman–Crippen LogP) is 4.94. The Bertz CT molecular complexity index is 648. The molecule has 1 aliphatic carbocycles. The van der Waals surface area contributed by atoms with Gasteiger partial charge < -0.3 is 5.32 Å². The smallest absolute Gasteiger partial charge is 0.138 e. The van der Waals surface area contributed by atoms with E-state index in [1.807, 2.05) is 36.4 Å². The summed E-state index contributed by atoms with van der Waals surface area (Å²) in [6.07, 6.45) is 8.14. The van der Waals surface area contributed by atoms with Gasteiger partial charge in [0.15, 0.2) is 0 Å². The predicted molar refractivity (Wildman–Crippen MR) is 96.3 cm³/mol. The highest BCUT2D eigenvalue weighted by Gasteiger charge is 2.28. The van der Waals surface area contributed by atoms with Crippen molar-refractivity contribution in [2.45, 2.75) is 31.7 Å². The molecule has 1 N–H and O–H groups in total. The molecule has 0 radical (unpaired) electrons. The largest absolute Gasteiger partial charge is 0.378 e. The number of anilines is 1. The Morgan fingerprint density at radius 2 is 1.65 bits per heavy atom. The van der Waals surface area contributed by atoms with E-state index in [0.717, 1.165) is 36.9 Å². The molecule has 0 aliphatic heterocycles. The Labute approximate surface area is 138 Å². The van der Waals surface area contributed by atoms with E-state index in [1.165, 1.54) is 0 Å². The standard InChI is InChI=1S/C21H23NO/c23-21-14-8-7-13-19(21)20(22-18-11-5-2-6-12-18)16-15-17-9-3-1-4-10-17/h1-6,9-12,15-16,19-20,22H,7-8,13-14H2/b16-15+. The fraction of sp³-hybridized carbons (Fsp3) is 0.286. The number of carbonyl (C=O) groups is 1. The van der Waals surface area contributed by atoms with Crippen molar-refractivity contribution in [1.82, 2.24) is 0 Å². The molecule has 0 amide bonds. The second-order valence-electron chi connectivity index (χ2n) is 6.12. The maximum Gasteiger partial charge on any atom is 0.138 e. The summed E-state index contributed by atoms with van der Waals surface area (Å²) >= 11 is 0. The van der Waals surface area contributed by atoms with Crippen molar-refractivity contribution in [2.75, 3.05) is 5.32 Å². The van der Waals surface area contributed by atoms with E-state index in [4.69, 9.17) is 0 Å². The van der Waals surface area contributed by atoms with Gasteiger partial charge >= 0.3 is 0 Å². The number of carbonyl (C=O) groups excluding carboxylic acids is 1. The highest BCUT2D eigenvalue weighted by atomic mass is 16.1. The zero-order chi connectivity index (χ0) is 15.9. The molecule has 0 aromatic heterocycles. The van der Waals surface area contributed by atoms with Gasteiger partial charge in [-0.15, -0.1) is 0 Å².